The third kappa shape index (κ3) is 3.00. The normalized spacial score (nSPS) is 40.9. The molecule has 39 heavy (non-hydrogen) atoms. The minimum absolute atomic E-state index is 0.0342. The summed E-state index contributed by atoms with van der Waals surface area (Å²) in [6.45, 7) is 8.71. The Morgan fingerprint density at radius 1 is 0.974 bits per heavy atom. The van der Waals surface area contributed by atoms with Gasteiger partial charge in [0.25, 0.3) is 0 Å². The number of benzene rings is 2. The fourth-order valence-corrected chi connectivity index (χ4v) is 10.6. The highest BCUT2D eigenvalue weighted by Gasteiger charge is 2.73. The van der Waals surface area contributed by atoms with Crippen LogP contribution < -0.4 is 4.90 Å². The molecule has 1 saturated heterocycles. The quantitative estimate of drug-likeness (QED) is 0.351. The molecule has 4 fully saturated rings. The molecule has 5 heteroatoms. The van der Waals surface area contributed by atoms with Crippen LogP contribution in [0.5, 0.6) is 0 Å². The highest BCUT2D eigenvalue weighted by molar-refractivity contribution is 6.25. The molecule has 1 heterocycles. The zero-order chi connectivity index (χ0) is 27.5. The molecule has 1 N–H and O–H groups in total. The maximum atomic E-state index is 14.6. The van der Waals surface area contributed by atoms with Gasteiger partial charge >= 0.3 is 5.97 Å². The summed E-state index contributed by atoms with van der Waals surface area (Å²) in [6.07, 6.45) is 7.53. The van der Waals surface area contributed by atoms with E-state index in [1.54, 1.807) is 0 Å². The van der Waals surface area contributed by atoms with Crippen molar-refractivity contribution in [3.8, 4) is 0 Å². The van der Waals surface area contributed by atoms with Gasteiger partial charge < -0.3 is 5.11 Å². The van der Waals surface area contributed by atoms with E-state index in [-0.39, 0.29) is 46.8 Å². The van der Waals surface area contributed by atoms with Crippen LogP contribution >= 0.6 is 0 Å². The van der Waals surface area contributed by atoms with Crippen LogP contribution in [-0.4, -0.2) is 22.9 Å². The number of carbonyl (C=O) groups is 3. The average molecular weight is 526 g/mol. The predicted octanol–water partition coefficient (Wildman–Crippen LogP) is 6.86. The van der Waals surface area contributed by atoms with Crippen LogP contribution in [0.15, 0.2) is 54.1 Å². The molecule has 0 aromatic heterocycles. The predicted molar refractivity (Wildman–Crippen MR) is 151 cm³/mol. The third-order valence-electron chi connectivity index (χ3n) is 12.2. The number of nitrogens with zero attached hydrogens (tertiary/aromatic N) is 1. The maximum absolute atomic E-state index is 14.6. The van der Waals surface area contributed by atoms with E-state index >= 15 is 0 Å². The second-order valence-electron chi connectivity index (χ2n) is 14.0. The summed E-state index contributed by atoms with van der Waals surface area (Å²) in [5, 5.41) is 12.3. The molecule has 2 amide bonds. The summed E-state index contributed by atoms with van der Waals surface area (Å²) in [7, 11) is 0. The number of allylic oxidation sites excluding steroid dienone is 2. The topological polar surface area (TPSA) is 74.7 Å². The molecule has 8 atom stereocenters. The van der Waals surface area contributed by atoms with Gasteiger partial charge in [0.1, 0.15) is 0 Å². The first-order valence-electron chi connectivity index (χ1n) is 14.9. The van der Waals surface area contributed by atoms with Gasteiger partial charge in [0.15, 0.2) is 0 Å². The first kappa shape index (κ1) is 25.0. The number of carboxylic acids is 1. The fourth-order valence-electron chi connectivity index (χ4n) is 10.6. The molecular weight excluding hydrogens is 486 g/mol. The molecule has 5 aliphatic carbocycles. The SMILES string of the molecule is CC(C)C1=C[C@]23CC[C@H]4[C@](C)(CCC[C@@]4(C)C(=O)O)[C@@H]2C[C@@H]1[C@H]1C(=O)N(c2cccc4ccccc24)C(=O)[C@H]13. The highest BCUT2D eigenvalue weighted by Crippen LogP contribution is 2.74. The second kappa shape index (κ2) is 8.05. The van der Waals surface area contributed by atoms with Crippen molar-refractivity contribution in [2.75, 3.05) is 4.90 Å². The lowest BCUT2D eigenvalue weighted by Gasteiger charge is -2.68. The lowest BCUT2D eigenvalue weighted by Crippen LogP contribution is -2.65. The van der Waals surface area contributed by atoms with Crippen molar-refractivity contribution in [3.05, 3.63) is 54.1 Å². The van der Waals surface area contributed by atoms with Crippen molar-refractivity contribution in [1.82, 2.24) is 0 Å². The minimum Gasteiger partial charge on any atom is -0.481 e. The Balaban J connectivity index is 1.38. The molecule has 5 nitrogen and oxygen atoms in total. The van der Waals surface area contributed by atoms with Gasteiger partial charge in [-0.15, -0.1) is 0 Å². The van der Waals surface area contributed by atoms with Gasteiger partial charge in [-0.05, 0) is 79.6 Å². The van der Waals surface area contributed by atoms with Gasteiger partial charge in [0.05, 0.1) is 22.9 Å². The molecule has 3 saturated carbocycles. The largest absolute Gasteiger partial charge is 0.481 e. The molecule has 0 radical (unpaired) electrons. The second-order valence-corrected chi connectivity index (χ2v) is 14.0. The van der Waals surface area contributed by atoms with Crippen molar-refractivity contribution in [2.24, 2.45) is 51.8 Å². The Kier molecular flexibility index (Phi) is 5.17. The number of anilines is 1. The summed E-state index contributed by atoms with van der Waals surface area (Å²) in [5.74, 6) is -0.828. The van der Waals surface area contributed by atoms with Crippen molar-refractivity contribution < 1.29 is 19.5 Å². The van der Waals surface area contributed by atoms with E-state index in [1.165, 1.54) is 10.5 Å². The summed E-state index contributed by atoms with van der Waals surface area (Å²) in [4.78, 5) is 43.1. The molecule has 204 valence electrons. The van der Waals surface area contributed by atoms with Gasteiger partial charge in [-0.3, -0.25) is 14.4 Å². The molecule has 2 aromatic carbocycles. The first-order chi connectivity index (χ1) is 18.5. The third-order valence-corrected chi connectivity index (χ3v) is 12.2. The molecule has 2 aromatic rings. The van der Waals surface area contributed by atoms with E-state index in [0.717, 1.165) is 49.3 Å². The molecule has 0 unspecified atom stereocenters. The molecular formula is C34H39NO4. The Labute approximate surface area is 230 Å². The number of carbonyl (C=O) groups excluding carboxylic acids is 2. The molecule has 1 aliphatic heterocycles. The molecule has 1 spiro atoms. The number of hydrogen-bond donors (Lipinski definition) is 1. The van der Waals surface area contributed by atoms with Gasteiger partial charge in [-0.25, -0.2) is 4.90 Å². The monoisotopic (exact) mass is 525 g/mol. The van der Waals surface area contributed by atoms with E-state index in [1.807, 2.05) is 49.4 Å². The number of hydrogen-bond acceptors (Lipinski definition) is 3. The van der Waals surface area contributed by atoms with E-state index in [4.69, 9.17) is 0 Å². The van der Waals surface area contributed by atoms with Crippen LogP contribution in [0.3, 0.4) is 0 Å². The Hall–Kier alpha value is -2.95. The molecule has 2 bridgehead atoms. The number of carboxylic acid groups (broad SMARTS) is 1. The Bertz CT molecular complexity index is 1450. The lowest BCUT2D eigenvalue weighted by molar-refractivity contribution is -0.194. The first-order valence-corrected chi connectivity index (χ1v) is 14.9. The zero-order valence-corrected chi connectivity index (χ0v) is 23.4. The van der Waals surface area contributed by atoms with Crippen LogP contribution in [0.25, 0.3) is 10.8 Å². The zero-order valence-electron chi connectivity index (χ0n) is 23.4. The Morgan fingerprint density at radius 2 is 1.72 bits per heavy atom. The number of rotatable bonds is 3. The molecule has 8 rings (SSSR count). The summed E-state index contributed by atoms with van der Waals surface area (Å²) >= 11 is 0. The van der Waals surface area contributed by atoms with Crippen LogP contribution in [0.4, 0.5) is 5.69 Å². The van der Waals surface area contributed by atoms with E-state index in [9.17, 15) is 19.5 Å². The summed E-state index contributed by atoms with van der Waals surface area (Å²) in [6, 6.07) is 13.9. The van der Waals surface area contributed by atoms with E-state index < -0.39 is 16.8 Å². The minimum atomic E-state index is -0.736. The Morgan fingerprint density at radius 3 is 2.46 bits per heavy atom. The van der Waals surface area contributed by atoms with Crippen LogP contribution in [-0.2, 0) is 14.4 Å². The number of amides is 2. The van der Waals surface area contributed by atoms with Gasteiger partial charge in [-0.1, -0.05) is 75.2 Å². The number of fused-ring (bicyclic) bond motifs is 2. The van der Waals surface area contributed by atoms with Crippen molar-refractivity contribution in [1.29, 1.82) is 0 Å². The number of aliphatic carboxylic acids is 1. The average Bonchev–Trinajstić information content (AvgIpc) is 3.19. The standard InChI is InChI=1S/C34H39NO4/c1-19(2)23-18-34-16-13-25-32(3,14-8-15-33(25,4)31(38)39)26(34)17-22(23)27-28(34)30(37)35(29(27)36)24-12-7-10-20-9-5-6-11-21(20)24/h5-7,9-12,18-19,22,25-28H,8,13-17H2,1-4H3,(H,38,39)/t22-,25-,26-,27+,28-,32-,33+,34+/m0/s1. The maximum Gasteiger partial charge on any atom is 0.309 e. The van der Waals surface area contributed by atoms with Gasteiger partial charge in [0.2, 0.25) is 11.8 Å². The van der Waals surface area contributed by atoms with Crippen LogP contribution in [0.2, 0.25) is 0 Å². The van der Waals surface area contributed by atoms with E-state index in [2.05, 4.69) is 26.8 Å². The molecule has 6 aliphatic rings. The highest BCUT2D eigenvalue weighted by atomic mass is 16.4. The lowest BCUT2D eigenvalue weighted by atomic mass is 9.34. The van der Waals surface area contributed by atoms with Crippen LogP contribution in [0, 0.1) is 51.8 Å². The van der Waals surface area contributed by atoms with Gasteiger partial charge in [-0.2, -0.15) is 0 Å². The van der Waals surface area contributed by atoms with Crippen molar-refractivity contribution >= 4 is 34.2 Å². The number of imide groups is 1. The van der Waals surface area contributed by atoms with Crippen molar-refractivity contribution in [2.45, 2.75) is 66.2 Å². The summed E-state index contributed by atoms with van der Waals surface area (Å²) in [5.41, 5.74) is 0.744. The van der Waals surface area contributed by atoms with Crippen molar-refractivity contribution in [3.63, 3.8) is 0 Å². The van der Waals surface area contributed by atoms with E-state index in [0.29, 0.717) is 11.6 Å². The smallest absolute Gasteiger partial charge is 0.309 e. The summed E-state index contributed by atoms with van der Waals surface area (Å²) < 4.78 is 0. The fraction of sp³-hybridized carbons (Fsp3) is 0.559. The van der Waals surface area contributed by atoms with Crippen LogP contribution in [0.1, 0.15) is 66.2 Å². The van der Waals surface area contributed by atoms with Gasteiger partial charge in [0, 0.05) is 10.8 Å².